The van der Waals surface area contributed by atoms with Gasteiger partial charge in [0.25, 0.3) is 0 Å². The lowest BCUT2D eigenvalue weighted by molar-refractivity contribution is -0.126. The Morgan fingerprint density at radius 3 is 2.76 bits per heavy atom. The Bertz CT molecular complexity index is 458. The molecule has 1 aromatic carbocycles. The van der Waals surface area contributed by atoms with Crippen LogP contribution < -0.4 is 15.8 Å². The Kier molecular flexibility index (Phi) is 5.62. The quantitative estimate of drug-likeness (QED) is 0.875. The van der Waals surface area contributed by atoms with Crippen LogP contribution >= 0.6 is 0 Å². The smallest absolute Gasteiger partial charge is 0.223 e. The molecule has 116 valence electrons. The lowest BCUT2D eigenvalue weighted by atomic mass is 9.85. The average molecular weight is 290 g/mol. The molecule has 1 amide bonds. The summed E-state index contributed by atoms with van der Waals surface area (Å²) in [5.41, 5.74) is 7.13. The zero-order valence-electron chi connectivity index (χ0n) is 13.0. The molecule has 4 nitrogen and oxygen atoms in total. The standard InChI is InChI=1S/C17H26N2O2/c1-12-6-8-16(9-7-12)21-13(2)11-19-17(20)14-4-3-5-15(18)10-14/h6-9,13-15H,3-5,10-11,18H2,1-2H3,(H,19,20). The summed E-state index contributed by atoms with van der Waals surface area (Å²) in [6.45, 7) is 4.54. The van der Waals surface area contributed by atoms with E-state index in [9.17, 15) is 4.79 Å². The number of amides is 1. The predicted octanol–water partition coefficient (Wildman–Crippen LogP) is 2.40. The lowest BCUT2D eigenvalue weighted by Crippen LogP contribution is -2.41. The van der Waals surface area contributed by atoms with Gasteiger partial charge >= 0.3 is 0 Å². The molecule has 1 aliphatic rings. The van der Waals surface area contributed by atoms with Gasteiger partial charge in [-0.1, -0.05) is 24.1 Å². The van der Waals surface area contributed by atoms with E-state index < -0.39 is 0 Å². The minimum atomic E-state index is -0.0473. The molecule has 0 saturated heterocycles. The van der Waals surface area contributed by atoms with E-state index in [4.69, 9.17) is 10.5 Å². The van der Waals surface area contributed by atoms with Crippen molar-refractivity contribution >= 4 is 5.91 Å². The van der Waals surface area contributed by atoms with E-state index in [1.54, 1.807) is 0 Å². The van der Waals surface area contributed by atoms with Crippen molar-refractivity contribution in [3.63, 3.8) is 0 Å². The maximum absolute atomic E-state index is 12.1. The first-order valence-corrected chi connectivity index (χ1v) is 7.81. The Morgan fingerprint density at radius 2 is 2.10 bits per heavy atom. The van der Waals surface area contributed by atoms with Crippen molar-refractivity contribution < 1.29 is 9.53 Å². The molecule has 1 aromatic rings. The fraction of sp³-hybridized carbons (Fsp3) is 0.588. The third-order valence-electron chi connectivity index (χ3n) is 4.01. The number of hydrogen-bond donors (Lipinski definition) is 2. The lowest BCUT2D eigenvalue weighted by Gasteiger charge is -2.26. The normalized spacial score (nSPS) is 23.4. The summed E-state index contributed by atoms with van der Waals surface area (Å²) in [4.78, 5) is 12.1. The number of ether oxygens (including phenoxy) is 1. The number of nitrogens with one attached hydrogen (secondary N) is 1. The molecule has 0 heterocycles. The van der Waals surface area contributed by atoms with Gasteiger partial charge in [-0.3, -0.25) is 4.79 Å². The fourth-order valence-corrected chi connectivity index (χ4v) is 2.75. The topological polar surface area (TPSA) is 64.3 Å². The maximum atomic E-state index is 12.1. The van der Waals surface area contributed by atoms with E-state index in [0.29, 0.717) is 6.54 Å². The first-order chi connectivity index (χ1) is 10.0. The zero-order chi connectivity index (χ0) is 15.2. The molecule has 0 aromatic heterocycles. The van der Waals surface area contributed by atoms with Crippen LogP contribution in [0.2, 0.25) is 0 Å². The first kappa shape index (κ1) is 15.8. The van der Waals surface area contributed by atoms with Gasteiger partial charge in [0.05, 0.1) is 6.54 Å². The molecule has 0 aliphatic heterocycles. The molecular formula is C17H26N2O2. The third kappa shape index (κ3) is 5.05. The Hall–Kier alpha value is -1.55. The number of rotatable bonds is 5. The highest BCUT2D eigenvalue weighted by Crippen LogP contribution is 2.23. The summed E-state index contributed by atoms with van der Waals surface area (Å²) in [6, 6.07) is 8.12. The fourth-order valence-electron chi connectivity index (χ4n) is 2.75. The second-order valence-corrected chi connectivity index (χ2v) is 6.11. The molecule has 0 bridgehead atoms. The molecule has 3 unspecified atom stereocenters. The highest BCUT2D eigenvalue weighted by Gasteiger charge is 2.25. The van der Waals surface area contributed by atoms with Crippen LogP contribution in [-0.2, 0) is 4.79 Å². The van der Waals surface area contributed by atoms with Gasteiger partial charge in [0.15, 0.2) is 0 Å². The summed E-state index contributed by atoms with van der Waals surface area (Å²) < 4.78 is 5.79. The van der Waals surface area contributed by atoms with Crippen LogP contribution in [0, 0.1) is 12.8 Å². The van der Waals surface area contributed by atoms with Crippen LogP contribution in [0.25, 0.3) is 0 Å². The molecule has 0 radical (unpaired) electrons. The van der Waals surface area contributed by atoms with Crippen molar-refractivity contribution in [2.75, 3.05) is 6.54 Å². The van der Waals surface area contributed by atoms with Crippen LogP contribution in [0.4, 0.5) is 0 Å². The van der Waals surface area contributed by atoms with Crippen LogP contribution in [0.5, 0.6) is 5.75 Å². The zero-order valence-corrected chi connectivity index (χ0v) is 13.0. The van der Waals surface area contributed by atoms with E-state index >= 15 is 0 Å². The highest BCUT2D eigenvalue weighted by atomic mass is 16.5. The van der Waals surface area contributed by atoms with Gasteiger partial charge < -0.3 is 15.8 Å². The van der Waals surface area contributed by atoms with Crippen molar-refractivity contribution in [1.29, 1.82) is 0 Å². The SMILES string of the molecule is Cc1ccc(OC(C)CNC(=O)C2CCCC(N)C2)cc1. The Balaban J connectivity index is 1.74. The van der Waals surface area contributed by atoms with E-state index in [1.807, 2.05) is 38.1 Å². The molecule has 3 atom stereocenters. The summed E-state index contributed by atoms with van der Waals surface area (Å²) in [5, 5.41) is 2.98. The van der Waals surface area contributed by atoms with Crippen molar-refractivity contribution in [1.82, 2.24) is 5.32 Å². The number of benzene rings is 1. The van der Waals surface area contributed by atoms with Crippen molar-refractivity contribution in [3.05, 3.63) is 29.8 Å². The molecule has 1 fully saturated rings. The monoisotopic (exact) mass is 290 g/mol. The van der Waals surface area contributed by atoms with Gasteiger partial charge in [-0.05, 0) is 45.2 Å². The molecule has 2 rings (SSSR count). The van der Waals surface area contributed by atoms with Gasteiger partial charge in [-0.25, -0.2) is 0 Å². The minimum Gasteiger partial charge on any atom is -0.489 e. The molecule has 1 aliphatic carbocycles. The maximum Gasteiger partial charge on any atom is 0.223 e. The number of carbonyl (C=O) groups is 1. The first-order valence-electron chi connectivity index (χ1n) is 7.81. The number of aryl methyl sites for hydroxylation is 1. The molecule has 3 N–H and O–H groups in total. The van der Waals surface area contributed by atoms with Crippen LogP contribution in [0.15, 0.2) is 24.3 Å². The largest absolute Gasteiger partial charge is 0.489 e. The van der Waals surface area contributed by atoms with E-state index in [-0.39, 0.29) is 24.0 Å². The van der Waals surface area contributed by atoms with Crippen LogP contribution in [0.3, 0.4) is 0 Å². The van der Waals surface area contributed by atoms with Crippen molar-refractivity contribution in [2.45, 2.75) is 51.7 Å². The molecule has 21 heavy (non-hydrogen) atoms. The summed E-state index contributed by atoms with van der Waals surface area (Å²) in [7, 11) is 0. The highest BCUT2D eigenvalue weighted by molar-refractivity contribution is 5.78. The van der Waals surface area contributed by atoms with Gasteiger partial charge in [0.1, 0.15) is 11.9 Å². The second kappa shape index (κ2) is 7.46. The average Bonchev–Trinajstić information content (AvgIpc) is 2.47. The van der Waals surface area contributed by atoms with E-state index in [0.717, 1.165) is 31.4 Å². The molecule has 0 spiro atoms. The Labute approximate surface area is 127 Å². The third-order valence-corrected chi connectivity index (χ3v) is 4.01. The van der Waals surface area contributed by atoms with Gasteiger partial charge in [0, 0.05) is 12.0 Å². The van der Waals surface area contributed by atoms with Gasteiger partial charge in [-0.2, -0.15) is 0 Å². The van der Waals surface area contributed by atoms with Crippen molar-refractivity contribution in [2.24, 2.45) is 11.7 Å². The number of hydrogen-bond acceptors (Lipinski definition) is 3. The van der Waals surface area contributed by atoms with Crippen molar-refractivity contribution in [3.8, 4) is 5.75 Å². The number of carbonyl (C=O) groups excluding carboxylic acids is 1. The molecule has 4 heteroatoms. The second-order valence-electron chi connectivity index (χ2n) is 6.11. The summed E-state index contributed by atoms with van der Waals surface area (Å²) in [5.74, 6) is 1.02. The van der Waals surface area contributed by atoms with Crippen LogP contribution in [-0.4, -0.2) is 24.6 Å². The predicted molar refractivity (Wildman–Crippen MR) is 84.2 cm³/mol. The summed E-state index contributed by atoms with van der Waals surface area (Å²) >= 11 is 0. The van der Waals surface area contributed by atoms with E-state index in [2.05, 4.69) is 5.32 Å². The number of nitrogens with two attached hydrogens (primary N) is 1. The van der Waals surface area contributed by atoms with E-state index in [1.165, 1.54) is 5.56 Å². The van der Waals surface area contributed by atoms with Gasteiger partial charge in [0.2, 0.25) is 5.91 Å². The minimum absolute atomic E-state index is 0.0473. The molecule has 1 saturated carbocycles. The summed E-state index contributed by atoms with van der Waals surface area (Å²) in [6.07, 6.45) is 3.80. The Morgan fingerprint density at radius 1 is 1.38 bits per heavy atom. The van der Waals surface area contributed by atoms with Crippen LogP contribution in [0.1, 0.15) is 38.2 Å². The molecular weight excluding hydrogens is 264 g/mol. The van der Waals surface area contributed by atoms with Gasteiger partial charge in [-0.15, -0.1) is 0 Å².